The van der Waals surface area contributed by atoms with Gasteiger partial charge in [-0.25, -0.2) is 0 Å². The number of methoxy groups -OCH3 is 1. The Morgan fingerprint density at radius 1 is 0.875 bits per heavy atom. The highest BCUT2D eigenvalue weighted by Crippen LogP contribution is 2.17. The topological polar surface area (TPSA) is 9.23 Å². The van der Waals surface area contributed by atoms with Crippen molar-refractivity contribution in [2.45, 2.75) is 74.1 Å². The van der Waals surface area contributed by atoms with Gasteiger partial charge in [-0.3, -0.25) is 0 Å². The van der Waals surface area contributed by atoms with Gasteiger partial charge in [0.05, 0.1) is 0 Å². The summed E-state index contributed by atoms with van der Waals surface area (Å²) in [5, 5.41) is 0. The number of ether oxygens (including phenoxy) is 1. The highest BCUT2D eigenvalue weighted by molar-refractivity contribution is 4.59. The first kappa shape index (κ1) is 21.3. The third-order valence-corrected chi connectivity index (χ3v) is 2.74. The minimum atomic E-state index is 0.781. The van der Waals surface area contributed by atoms with Crippen LogP contribution < -0.4 is 0 Å². The second-order valence-corrected chi connectivity index (χ2v) is 3.82. The van der Waals surface area contributed by atoms with E-state index in [1.165, 1.54) is 25.7 Å². The van der Waals surface area contributed by atoms with Crippen molar-refractivity contribution in [3.63, 3.8) is 0 Å². The average molecular weight is 232 g/mol. The molecule has 0 saturated heterocycles. The van der Waals surface area contributed by atoms with Gasteiger partial charge >= 0.3 is 0 Å². The van der Waals surface area contributed by atoms with Crippen LogP contribution in [0.5, 0.6) is 0 Å². The monoisotopic (exact) mass is 232 g/mol. The van der Waals surface area contributed by atoms with E-state index in [0.717, 1.165) is 18.4 Å². The Bertz CT molecular complexity index is 91.4. The molecular weight excluding hydrogens is 196 g/mol. The molecule has 1 heteroatoms. The van der Waals surface area contributed by atoms with Gasteiger partial charge in [-0.2, -0.15) is 0 Å². The molecule has 0 aliphatic rings. The molecule has 0 heterocycles. The molecule has 0 fully saturated rings. The van der Waals surface area contributed by atoms with E-state index in [-0.39, 0.29) is 0 Å². The summed E-state index contributed by atoms with van der Waals surface area (Å²) < 4.78 is 5.16. The van der Waals surface area contributed by atoms with E-state index in [1.807, 2.05) is 27.7 Å². The maximum Gasteiger partial charge on any atom is 0.0490 e. The van der Waals surface area contributed by atoms with Crippen molar-refractivity contribution in [3.8, 4) is 0 Å². The zero-order valence-corrected chi connectivity index (χ0v) is 13.1. The van der Waals surface area contributed by atoms with E-state index >= 15 is 0 Å². The molecule has 0 spiro atoms. The summed E-state index contributed by atoms with van der Waals surface area (Å²) in [6.45, 7) is 15.8. The van der Waals surface area contributed by atoms with E-state index in [4.69, 9.17) is 4.74 Å². The van der Waals surface area contributed by atoms with E-state index in [9.17, 15) is 0 Å². The lowest BCUT2D eigenvalue weighted by atomic mass is 9.94. The highest BCUT2D eigenvalue weighted by Gasteiger charge is 2.07. The zero-order valence-electron chi connectivity index (χ0n) is 13.1. The molecule has 0 aromatic carbocycles. The van der Waals surface area contributed by atoms with Crippen molar-refractivity contribution in [2.75, 3.05) is 13.7 Å². The van der Waals surface area contributed by atoms with Crippen LogP contribution in [0.15, 0.2) is 0 Å². The third-order valence-electron chi connectivity index (χ3n) is 2.74. The third kappa shape index (κ3) is 16.4. The van der Waals surface area contributed by atoms with Crippen LogP contribution >= 0.6 is 0 Å². The molecule has 1 nitrogen and oxygen atoms in total. The Balaban J connectivity index is -0.000000376. The molecule has 2 unspecified atom stereocenters. The SMILES string of the molecule is CC.CC.CCC(C)CCC(CC)COC. The molecule has 0 aliphatic carbocycles. The summed E-state index contributed by atoms with van der Waals surface area (Å²) in [6.07, 6.45) is 5.26. The quantitative estimate of drug-likeness (QED) is 0.560. The normalized spacial score (nSPS) is 12.8. The Kier molecular flexibility index (Phi) is 27.1. The maximum absolute atomic E-state index is 5.16. The van der Waals surface area contributed by atoms with Crippen molar-refractivity contribution >= 4 is 0 Å². The van der Waals surface area contributed by atoms with Crippen LogP contribution in [0.25, 0.3) is 0 Å². The molecule has 2 atom stereocenters. The number of hydrogen-bond acceptors (Lipinski definition) is 1. The van der Waals surface area contributed by atoms with E-state index in [2.05, 4.69) is 20.8 Å². The Morgan fingerprint density at radius 3 is 1.69 bits per heavy atom. The van der Waals surface area contributed by atoms with Gasteiger partial charge in [0.2, 0.25) is 0 Å². The van der Waals surface area contributed by atoms with Gasteiger partial charge < -0.3 is 4.74 Å². The van der Waals surface area contributed by atoms with E-state index in [1.54, 1.807) is 7.11 Å². The van der Waals surface area contributed by atoms with Gasteiger partial charge in [-0.15, -0.1) is 0 Å². The fourth-order valence-corrected chi connectivity index (χ4v) is 1.37. The Hall–Kier alpha value is -0.0400. The Labute approximate surface area is 105 Å². The van der Waals surface area contributed by atoms with Crippen molar-refractivity contribution in [2.24, 2.45) is 11.8 Å². The van der Waals surface area contributed by atoms with Crippen LogP contribution in [-0.4, -0.2) is 13.7 Å². The minimum absolute atomic E-state index is 0.781. The largest absolute Gasteiger partial charge is 0.384 e. The second-order valence-electron chi connectivity index (χ2n) is 3.82. The molecular formula is C15H36O. The predicted molar refractivity (Wildman–Crippen MR) is 77.0 cm³/mol. The summed E-state index contributed by atoms with van der Waals surface area (Å²) in [4.78, 5) is 0. The smallest absolute Gasteiger partial charge is 0.0490 e. The lowest BCUT2D eigenvalue weighted by Crippen LogP contribution is -2.08. The van der Waals surface area contributed by atoms with Gasteiger partial charge in [-0.1, -0.05) is 67.7 Å². The Morgan fingerprint density at radius 2 is 1.38 bits per heavy atom. The standard InChI is InChI=1S/C11H24O.2C2H6/c1-5-10(3)7-8-11(6-2)9-12-4;2*1-2/h10-11H,5-9H2,1-4H3;2*1-2H3. The molecule has 0 N–H and O–H groups in total. The molecule has 0 radical (unpaired) electrons. The second kappa shape index (κ2) is 20.4. The van der Waals surface area contributed by atoms with Crippen molar-refractivity contribution < 1.29 is 4.74 Å². The highest BCUT2D eigenvalue weighted by atomic mass is 16.5. The van der Waals surface area contributed by atoms with Gasteiger partial charge in [-0.05, 0) is 18.3 Å². The van der Waals surface area contributed by atoms with Gasteiger partial charge in [0.25, 0.3) is 0 Å². The molecule has 102 valence electrons. The number of hydrogen-bond donors (Lipinski definition) is 0. The predicted octanol–water partition coefficient (Wildman–Crippen LogP) is 5.54. The van der Waals surface area contributed by atoms with Gasteiger partial charge in [0.1, 0.15) is 0 Å². The van der Waals surface area contributed by atoms with Crippen molar-refractivity contribution in [1.29, 1.82) is 0 Å². The van der Waals surface area contributed by atoms with E-state index < -0.39 is 0 Å². The van der Waals surface area contributed by atoms with Crippen molar-refractivity contribution in [1.82, 2.24) is 0 Å². The van der Waals surface area contributed by atoms with Crippen LogP contribution in [-0.2, 0) is 4.74 Å². The maximum atomic E-state index is 5.16. The molecule has 0 aliphatic heterocycles. The average Bonchev–Trinajstić information content (AvgIpc) is 2.38. The van der Waals surface area contributed by atoms with Crippen LogP contribution in [0, 0.1) is 11.8 Å². The first-order valence-corrected chi connectivity index (χ1v) is 7.23. The molecule has 0 amide bonds. The fraction of sp³-hybridized carbons (Fsp3) is 1.00. The molecule has 0 saturated carbocycles. The van der Waals surface area contributed by atoms with Gasteiger partial charge in [0.15, 0.2) is 0 Å². The van der Waals surface area contributed by atoms with Crippen LogP contribution in [0.3, 0.4) is 0 Å². The number of rotatable bonds is 7. The van der Waals surface area contributed by atoms with Crippen LogP contribution in [0.1, 0.15) is 74.1 Å². The summed E-state index contributed by atoms with van der Waals surface area (Å²) >= 11 is 0. The lowest BCUT2D eigenvalue weighted by molar-refractivity contribution is 0.142. The fourth-order valence-electron chi connectivity index (χ4n) is 1.37. The van der Waals surface area contributed by atoms with Crippen LogP contribution in [0.2, 0.25) is 0 Å². The lowest BCUT2D eigenvalue weighted by Gasteiger charge is -2.15. The first-order chi connectivity index (χ1) is 7.74. The van der Waals surface area contributed by atoms with Crippen LogP contribution in [0.4, 0.5) is 0 Å². The summed E-state index contributed by atoms with van der Waals surface area (Å²) in [7, 11) is 1.80. The zero-order chi connectivity index (χ0) is 13.4. The minimum Gasteiger partial charge on any atom is -0.384 e. The summed E-state index contributed by atoms with van der Waals surface area (Å²) in [6, 6.07) is 0. The van der Waals surface area contributed by atoms with E-state index in [0.29, 0.717) is 0 Å². The van der Waals surface area contributed by atoms with Crippen molar-refractivity contribution in [3.05, 3.63) is 0 Å². The summed E-state index contributed by atoms with van der Waals surface area (Å²) in [5.41, 5.74) is 0. The molecule has 0 rings (SSSR count). The molecule has 0 aromatic rings. The summed E-state index contributed by atoms with van der Waals surface area (Å²) in [5.74, 6) is 1.67. The first-order valence-electron chi connectivity index (χ1n) is 7.23. The molecule has 16 heavy (non-hydrogen) atoms. The molecule has 0 bridgehead atoms. The van der Waals surface area contributed by atoms with Gasteiger partial charge in [0, 0.05) is 13.7 Å². The molecule has 0 aromatic heterocycles.